The monoisotopic (exact) mass is 491 g/mol. The predicted octanol–water partition coefficient (Wildman–Crippen LogP) is 2.82. The van der Waals surface area contributed by atoms with E-state index in [1.165, 1.54) is 19.7 Å². The lowest BCUT2D eigenvalue weighted by atomic mass is 9.82. The van der Waals surface area contributed by atoms with Crippen LogP contribution < -0.4 is 9.46 Å². The molecule has 8 nitrogen and oxygen atoms in total. The van der Waals surface area contributed by atoms with Crippen molar-refractivity contribution in [2.75, 3.05) is 27.3 Å². The van der Waals surface area contributed by atoms with Crippen molar-refractivity contribution in [1.29, 1.82) is 0 Å². The minimum absolute atomic E-state index is 0.101. The minimum atomic E-state index is -3.63. The van der Waals surface area contributed by atoms with Gasteiger partial charge in [-0.15, -0.1) is 0 Å². The molecule has 1 aromatic rings. The Balaban J connectivity index is 1.55. The molecule has 3 atom stereocenters. The molecule has 1 N–H and O–H groups in total. The summed E-state index contributed by atoms with van der Waals surface area (Å²) in [6.45, 7) is 2.78. The summed E-state index contributed by atoms with van der Waals surface area (Å²) in [5.74, 6) is 1.23. The van der Waals surface area contributed by atoms with E-state index in [1.54, 1.807) is 11.0 Å². The summed E-state index contributed by atoms with van der Waals surface area (Å²) in [6.07, 6.45) is 8.64. The zero-order chi connectivity index (χ0) is 24.3. The van der Waals surface area contributed by atoms with Crippen molar-refractivity contribution < 1.29 is 22.7 Å². The minimum Gasteiger partial charge on any atom is -0.493 e. The van der Waals surface area contributed by atoms with Crippen LogP contribution in [0.15, 0.2) is 36.4 Å². The maximum atomic E-state index is 13.2. The summed E-state index contributed by atoms with van der Waals surface area (Å²) in [7, 11) is -0.628. The molecule has 1 aliphatic carbocycles. The standard InChI is InChI=1S/C25H37N3O5S/c1-18-15-23(26-34(30,31)27(2)3)24-17-33-21-12-10-19(11-13-21)20-7-6-8-22(16-20)32-14-5-4-9-25(29)28(18)24/h4,6-9,16,18-19,21,23-24,26H,5,10-15,17H2,1-3H3/b9-4+/t18-,19?,21?,23+,24+/m1/s1. The molecular formula is C25H37N3O5S. The Morgan fingerprint density at radius 1 is 1.15 bits per heavy atom. The molecule has 4 aliphatic rings. The summed E-state index contributed by atoms with van der Waals surface area (Å²) in [4.78, 5) is 14.9. The van der Waals surface area contributed by atoms with Gasteiger partial charge in [-0.25, -0.2) is 0 Å². The van der Waals surface area contributed by atoms with E-state index in [1.807, 2.05) is 25.1 Å². The fraction of sp³-hybridized carbons (Fsp3) is 0.640. The van der Waals surface area contributed by atoms with Crippen molar-refractivity contribution in [3.63, 3.8) is 0 Å². The van der Waals surface area contributed by atoms with E-state index in [0.29, 0.717) is 32.0 Å². The zero-order valence-corrected chi connectivity index (χ0v) is 21.2. The molecule has 34 heavy (non-hydrogen) atoms. The second-order valence-corrected chi connectivity index (χ2v) is 11.7. The van der Waals surface area contributed by atoms with E-state index in [4.69, 9.17) is 9.47 Å². The molecule has 1 saturated heterocycles. The lowest BCUT2D eigenvalue weighted by Gasteiger charge is -2.33. The maximum absolute atomic E-state index is 13.2. The number of benzene rings is 1. The lowest BCUT2D eigenvalue weighted by molar-refractivity contribution is -0.130. The molecule has 2 fully saturated rings. The highest BCUT2D eigenvalue weighted by molar-refractivity contribution is 7.87. The van der Waals surface area contributed by atoms with Gasteiger partial charge in [-0.2, -0.15) is 17.4 Å². The van der Waals surface area contributed by atoms with Gasteiger partial charge >= 0.3 is 0 Å². The quantitative estimate of drug-likeness (QED) is 0.703. The van der Waals surface area contributed by atoms with Crippen LogP contribution in [0.4, 0.5) is 0 Å². The third-order valence-electron chi connectivity index (χ3n) is 7.25. The van der Waals surface area contributed by atoms with Crippen LogP contribution in [0.3, 0.4) is 0 Å². The van der Waals surface area contributed by atoms with Crippen molar-refractivity contribution in [2.45, 2.75) is 75.6 Å². The van der Waals surface area contributed by atoms with Gasteiger partial charge in [-0.3, -0.25) is 4.79 Å². The summed E-state index contributed by atoms with van der Waals surface area (Å²) >= 11 is 0. The van der Waals surface area contributed by atoms with Crippen LogP contribution in [0.25, 0.3) is 0 Å². The molecule has 9 heteroatoms. The third kappa shape index (κ3) is 5.82. The number of carbonyl (C=O) groups is 1. The zero-order valence-electron chi connectivity index (χ0n) is 20.4. The van der Waals surface area contributed by atoms with Crippen LogP contribution >= 0.6 is 0 Å². The van der Waals surface area contributed by atoms with E-state index in [2.05, 4.69) is 16.9 Å². The van der Waals surface area contributed by atoms with Gasteiger partial charge in [0.1, 0.15) is 5.75 Å². The Morgan fingerprint density at radius 2 is 1.91 bits per heavy atom. The van der Waals surface area contributed by atoms with Crippen molar-refractivity contribution in [3.8, 4) is 5.75 Å². The number of hydrogen-bond donors (Lipinski definition) is 1. The smallest absolute Gasteiger partial charge is 0.279 e. The van der Waals surface area contributed by atoms with Gasteiger partial charge in [0.2, 0.25) is 5.91 Å². The number of ether oxygens (including phenoxy) is 2. The highest BCUT2D eigenvalue weighted by atomic mass is 32.2. The number of amides is 1. The first-order valence-electron chi connectivity index (χ1n) is 12.3. The number of hydrogen-bond acceptors (Lipinski definition) is 5. The first-order chi connectivity index (χ1) is 16.2. The van der Waals surface area contributed by atoms with Gasteiger partial charge in [0.15, 0.2) is 0 Å². The Kier molecular flexibility index (Phi) is 7.97. The molecule has 0 unspecified atom stereocenters. The lowest BCUT2D eigenvalue weighted by Crippen LogP contribution is -2.52. The van der Waals surface area contributed by atoms with E-state index < -0.39 is 16.3 Å². The highest BCUT2D eigenvalue weighted by Crippen LogP contribution is 2.36. The van der Waals surface area contributed by atoms with Gasteiger partial charge < -0.3 is 14.4 Å². The van der Waals surface area contributed by atoms with Gasteiger partial charge in [0, 0.05) is 26.2 Å². The van der Waals surface area contributed by atoms with Crippen molar-refractivity contribution in [3.05, 3.63) is 42.0 Å². The fourth-order valence-electron chi connectivity index (χ4n) is 5.33. The number of nitrogens with zero attached hydrogens (tertiary/aromatic N) is 2. The molecular weight excluding hydrogens is 454 g/mol. The summed E-state index contributed by atoms with van der Waals surface area (Å²) in [5, 5.41) is 0. The normalized spacial score (nSPS) is 31.7. The topological polar surface area (TPSA) is 88.2 Å². The number of rotatable bonds is 3. The molecule has 3 aliphatic heterocycles. The molecule has 1 saturated carbocycles. The molecule has 4 bridgehead atoms. The Bertz CT molecular complexity index is 988. The average Bonchev–Trinajstić information content (AvgIpc) is 3.11. The molecule has 1 amide bonds. The van der Waals surface area contributed by atoms with Crippen LogP contribution in [0.2, 0.25) is 0 Å². The fourth-order valence-corrected chi connectivity index (χ4v) is 6.18. The van der Waals surface area contributed by atoms with Crippen LogP contribution in [0, 0.1) is 0 Å². The second-order valence-electron chi connectivity index (χ2n) is 9.83. The van der Waals surface area contributed by atoms with Crippen LogP contribution in [0.5, 0.6) is 5.75 Å². The maximum Gasteiger partial charge on any atom is 0.279 e. The van der Waals surface area contributed by atoms with Crippen LogP contribution in [-0.2, 0) is 19.7 Å². The summed E-state index contributed by atoms with van der Waals surface area (Å²) in [5.41, 5.74) is 1.31. The molecule has 0 spiro atoms. The molecule has 188 valence electrons. The van der Waals surface area contributed by atoms with Gasteiger partial charge in [0.25, 0.3) is 10.2 Å². The van der Waals surface area contributed by atoms with Crippen molar-refractivity contribution >= 4 is 16.1 Å². The predicted molar refractivity (Wildman–Crippen MR) is 131 cm³/mol. The number of carbonyl (C=O) groups excluding carboxylic acids is 1. The second kappa shape index (κ2) is 10.8. The first-order valence-corrected chi connectivity index (χ1v) is 13.7. The van der Waals surface area contributed by atoms with Crippen molar-refractivity contribution in [2.24, 2.45) is 0 Å². The van der Waals surface area contributed by atoms with Crippen LogP contribution in [-0.4, -0.2) is 75.1 Å². The number of fused-ring (bicyclic) bond motifs is 7. The molecule has 5 rings (SSSR count). The SMILES string of the molecule is C[C@@H]1C[C@H](NS(=O)(=O)N(C)C)[C@@H]2COC3CCC(CC3)c3cccc(c3)OCC/C=C/C(=O)N12. The van der Waals surface area contributed by atoms with E-state index in [0.717, 1.165) is 35.7 Å². The summed E-state index contributed by atoms with van der Waals surface area (Å²) < 4.78 is 41.3. The summed E-state index contributed by atoms with van der Waals surface area (Å²) in [6, 6.07) is 7.47. The largest absolute Gasteiger partial charge is 0.493 e. The molecule has 3 heterocycles. The van der Waals surface area contributed by atoms with Gasteiger partial charge in [-0.1, -0.05) is 18.2 Å². The van der Waals surface area contributed by atoms with Crippen LogP contribution in [0.1, 0.15) is 56.9 Å². The molecule has 1 aromatic carbocycles. The Labute approximate surface area is 203 Å². The Morgan fingerprint density at radius 3 is 2.65 bits per heavy atom. The molecule has 0 radical (unpaired) electrons. The first kappa shape index (κ1) is 25.2. The van der Waals surface area contributed by atoms with Gasteiger partial charge in [0.05, 0.1) is 25.4 Å². The van der Waals surface area contributed by atoms with Gasteiger partial charge in [-0.05, 0) is 75.1 Å². The highest BCUT2D eigenvalue weighted by Gasteiger charge is 2.43. The third-order valence-corrected chi connectivity index (χ3v) is 8.81. The van der Waals surface area contributed by atoms with Crippen molar-refractivity contribution in [1.82, 2.24) is 13.9 Å². The van der Waals surface area contributed by atoms with E-state index in [9.17, 15) is 13.2 Å². The number of nitrogens with one attached hydrogen (secondary N) is 1. The average molecular weight is 492 g/mol. The van der Waals surface area contributed by atoms with E-state index in [-0.39, 0.29) is 24.1 Å². The van der Waals surface area contributed by atoms with E-state index >= 15 is 0 Å². The Hall–Kier alpha value is -1.94. The molecule has 0 aromatic heterocycles.